The molecule has 2 fully saturated rings. The molecular weight excluding hydrogens is 632 g/mol. The molecule has 0 bridgehead atoms. The van der Waals surface area contributed by atoms with E-state index in [-0.39, 0.29) is 5.84 Å². The molecule has 2 saturated heterocycles. The Morgan fingerprint density at radius 2 is 0.902 bits per heavy atom. The number of rotatable bonds is 5. The van der Waals surface area contributed by atoms with Crippen molar-refractivity contribution >= 4 is 64.1 Å². The first kappa shape index (κ1) is 35.0. The number of benzene rings is 5. The minimum Gasteiger partial charge on any atom is -0.399 e. The number of aliphatic imine (C=N–C) groups is 2. The van der Waals surface area contributed by atoms with Gasteiger partial charge in [0.05, 0.1) is 22.4 Å². The van der Waals surface area contributed by atoms with Crippen LogP contribution >= 0.6 is 0 Å². The van der Waals surface area contributed by atoms with Gasteiger partial charge in [0.2, 0.25) is 0 Å². The van der Waals surface area contributed by atoms with E-state index in [2.05, 4.69) is 104 Å². The molecule has 0 aromatic heterocycles. The molecule has 2 aliphatic heterocycles. The Hall–Kier alpha value is -4.40. The first-order valence-corrected chi connectivity index (χ1v) is 17.6. The van der Waals surface area contributed by atoms with Crippen LogP contribution in [0, 0.1) is 5.41 Å². The third-order valence-electron chi connectivity index (χ3n) is 11.0. The lowest BCUT2D eigenvalue weighted by atomic mass is 9.70. The monoisotopic (exact) mass is 677 g/mol. The number of hydrogen-bond donors (Lipinski definition) is 1. The molecule has 1 N–H and O–H groups in total. The zero-order valence-corrected chi connectivity index (χ0v) is 31.0. The summed E-state index contributed by atoms with van der Waals surface area (Å²) in [4.78, 5) is 10.0. The molecule has 0 saturated carbocycles. The average Bonchev–Trinajstić information content (AvgIpc) is 3.46. The Bertz CT molecular complexity index is 2150. The maximum Gasteiger partial charge on any atom is 0.494 e. The van der Waals surface area contributed by atoms with Gasteiger partial charge in [-0.25, -0.2) is 9.98 Å². The average molecular weight is 677 g/mol. The van der Waals surface area contributed by atoms with E-state index in [1.165, 1.54) is 0 Å². The van der Waals surface area contributed by atoms with E-state index in [9.17, 15) is 0 Å². The number of fused-ring (bicyclic) bond motifs is 2. The van der Waals surface area contributed by atoms with E-state index in [1.807, 2.05) is 61.5 Å². The van der Waals surface area contributed by atoms with Crippen molar-refractivity contribution < 1.29 is 18.6 Å². The summed E-state index contributed by atoms with van der Waals surface area (Å²) in [5.41, 5.74) is 2.72. The van der Waals surface area contributed by atoms with Crippen molar-refractivity contribution in [3.05, 3.63) is 120 Å². The second-order valence-electron chi connectivity index (χ2n) is 15.7. The van der Waals surface area contributed by atoms with Gasteiger partial charge in [-0.1, -0.05) is 91.0 Å². The van der Waals surface area contributed by atoms with Crippen molar-refractivity contribution in [1.82, 2.24) is 0 Å². The molecule has 0 amide bonds. The molecule has 9 heteroatoms. The Labute approximate surface area is 301 Å². The van der Waals surface area contributed by atoms with Gasteiger partial charge in [-0.3, -0.25) is 5.41 Å². The predicted octanol–water partition coefficient (Wildman–Crippen LogP) is 7.87. The highest BCUT2D eigenvalue weighted by Gasteiger charge is 2.54. The van der Waals surface area contributed by atoms with Crippen LogP contribution in [0.2, 0.25) is 0 Å². The third-order valence-corrected chi connectivity index (χ3v) is 11.0. The van der Waals surface area contributed by atoms with Crippen molar-refractivity contribution in [2.45, 2.75) is 84.7 Å². The first-order chi connectivity index (χ1) is 24.0. The molecule has 0 spiro atoms. The van der Waals surface area contributed by atoms with Crippen LogP contribution in [0.4, 0.5) is 0 Å². The van der Waals surface area contributed by atoms with Crippen LogP contribution in [-0.4, -0.2) is 54.0 Å². The summed E-state index contributed by atoms with van der Waals surface area (Å²) in [5, 5.41) is 13.5. The summed E-state index contributed by atoms with van der Waals surface area (Å²) in [6.07, 6.45) is 0. The Kier molecular flexibility index (Phi) is 8.70. The van der Waals surface area contributed by atoms with Crippen LogP contribution in [0.25, 0.3) is 21.5 Å². The molecule has 7 rings (SSSR count). The molecule has 2 aliphatic rings. The smallest absolute Gasteiger partial charge is 0.399 e. The van der Waals surface area contributed by atoms with Gasteiger partial charge in [0, 0.05) is 16.8 Å². The van der Waals surface area contributed by atoms with Crippen molar-refractivity contribution in [1.29, 1.82) is 5.41 Å². The quantitative estimate of drug-likeness (QED) is 0.117. The Morgan fingerprint density at radius 3 is 1.37 bits per heavy atom. The van der Waals surface area contributed by atoms with E-state index in [0.717, 1.165) is 43.6 Å². The fraction of sp³-hybridized carbons (Fsp3) is 0.310. The van der Waals surface area contributed by atoms with Crippen LogP contribution in [-0.2, 0) is 18.6 Å². The fourth-order valence-electron chi connectivity index (χ4n) is 6.33. The lowest BCUT2D eigenvalue weighted by Crippen LogP contribution is -2.42. The minimum absolute atomic E-state index is 0.129. The van der Waals surface area contributed by atoms with E-state index in [1.54, 1.807) is 0 Å². The van der Waals surface area contributed by atoms with Gasteiger partial charge in [-0.05, 0) is 112 Å². The van der Waals surface area contributed by atoms with Gasteiger partial charge < -0.3 is 18.6 Å². The fourth-order valence-corrected chi connectivity index (χ4v) is 6.33. The lowest BCUT2D eigenvalue weighted by Gasteiger charge is -2.32. The zero-order valence-electron chi connectivity index (χ0n) is 31.0. The van der Waals surface area contributed by atoms with Crippen molar-refractivity contribution in [2.75, 3.05) is 0 Å². The van der Waals surface area contributed by atoms with E-state index < -0.39 is 36.6 Å². The first-order valence-electron chi connectivity index (χ1n) is 17.6. The minimum atomic E-state index is -0.598. The van der Waals surface area contributed by atoms with E-state index in [4.69, 9.17) is 34.0 Å². The normalized spacial score (nSPS) is 19.6. The zero-order chi connectivity index (χ0) is 36.3. The Morgan fingerprint density at radius 1 is 0.490 bits per heavy atom. The van der Waals surface area contributed by atoms with Crippen molar-refractivity contribution in [3.63, 3.8) is 0 Å². The van der Waals surface area contributed by atoms with Gasteiger partial charge in [0.1, 0.15) is 0 Å². The number of nitrogens with zero attached hydrogens (tertiary/aromatic N) is 2. The number of nitrogens with one attached hydrogen (secondary N) is 1. The van der Waals surface area contributed by atoms with Crippen LogP contribution in [0.15, 0.2) is 113 Å². The number of hydrogen-bond acceptors (Lipinski definition) is 5. The standard InChI is InChI=1S/C42H45B2N3O4/c1-27(34-24-35(43-48-39(2,3)40(4,5)49-43)26-36(25-34)44-50-41(6,7)42(8,9)51-44)46-38(33-21-19-29-15-11-13-17-31(29)23-33)47-37(45)32-20-18-28-14-10-12-16-30(28)22-32/h10-26,45H,1-9H3. The molecule has 2 heterocycles. The molecule has 258 valence electrons. The van der Waals surface area contributed by atoms with Gasteiger partial charge in [0.15, 0.2) is 11.7 Å². The van der Waals surface area contributed by atoms with E-state index >= 15 is 0 Å². The van der Waals surface area contributed by atoms with Crippen molar-refractivity contribution in [3.8, 4) is 0 Å². The molecule has 7 nitrogen and oxygen atoms in total. The van der Waals surface area contributed by atoms with Crippen LogP contribution in [0.1, 0.15) is 79.0 Å². The maximum absolute atomic E-state index is 9.12. The molecule has 5 aromatic rings. The largest absolute Gasteiger partial charge is 0.494 e. The summed E-state index contributed by atoms with van der Waals surface area (Å²) in [6.45, 7) is 18.4. The van der Waals surface area contributed by atoms with Gasteiger partial charge in [-0.2, -0.15) is 0 Å². The molecule has 51 heavy (non-hydrogen) atoms. The maximum atomic E-state index is 9.12. The second kappa shape index (κ2) is 12.7. The van der Waals surface area contributed by atoms with Crippen LogP contribution < -0.4 is 10.9 Å². The van der Waals surface area contributed by atoms with Crippen LogP contribution in [0.5, 0.6) is 0 Å². The van der Waals surface area contributed by atoms with Crippen LogP contribution in [0.3, 0.4) is 0 Å². The molecule has 0 radical (unpaired) electrons. The molecule has 5 aromatic carbocycles. The highest BCUT2D eigenvalue weighted by atomic mass is 16.7. The molecule has 0 unspecified atom stereocenters. The summed E-state index contributed by atoms with van der Waals surface area (Å²) < 4.78 is 26.0. The SMILES string of the molecule is CC(=NC(=NC(=N)c1ccc2ccccc2c1)c1ccc2ccccc2c1)c1cc(B2OC(C)(C)C(C)(C)O2)cc(B2OC(C)(C)C(C)(C)O2)c1. The molecule has 0 atom stereocenters. The number of amidine groups is 2. The summed E-state index contributed by atoms with van der Waals surface area (Å²) in [5.74, 6) is 0.568. The van der Waals surface area contributed by atoms with Gasteiger partial charge in [-0.15, -0.1) is 0 Å². The third kappa shape index (κ3) is 6.72. The summed E-state index contributed by atoms with van der Waals surface area (Å²) in [6, 6.07) is 34.6. The Balaban J connectivity index is 1.34. The highest BCUT2D eigenvalue weighted by Crippen LogP contribution is 2.38. The van der Waals surface area contributed by atoms with Gasteiger partial charge in [0.25, 0.3) is 0 Å². The summed E-state index contributed by atoms with van der Waals surface area (Å²) in [7, 11) is -1.20. The highest BCUT2D eigenvalue weighted by molar-refractivity contribution is 6.66. The predicted molar refractivity (Wildman–Crippen MR) is 211 cm³/mol. The van der Waals surface area contributed by atoms with Crippen molar-refractivity contribution in [2.24, 2.45) is 9.98 Å². The van der Waals surface area contributed by atoms with E-state index in [0.29, 0.717) is 17.1 Å². The summed E-state index contributed by atoms with van der Waals surface area (Å²) >= 11 is 0. The topological polar surface area (TPSA) is 85.5 Å². The van der Waals surface area contributed by atoms with Gasteiger partial charge >= 0.3 is 14.2 Å². The lowest BCUT2D eigenvalue weighted by molar-refractivity contribution is 0.00578. The second-order valence-corrected chi connectivity index (χ2v) is 15.7. The molecule has 0 aliphatic carbocycles. The molecular formula is C42H45B2N3O4.